The first-order valence-electron chi connectivity index (χ1n) is 10.5. The van der Waals surface area contributed by atoms with Gasteiger partial charge in [0.15, 0.2) is 0 Å². The molecule has 0 unspecified atom stereocenters. The number of piperidine rings is 1. The second-order valence-electron chi connectivity index (χ2n) is 7.71. The SMILES string of the molecule is COCCOCCNC(=O)C1CCN(S(=O)(=O)c2ccc3c(c2)CCCC3)CC1. The number of ether oxygens (including phenoxy) is 2. The van der Waals surface area contributed by atoms with Crippen molar-refractivity contribution in [1.82, 2.24) is 9.62 Å². The summed E-state index contributed by atoms with van der Waals surface area (Å²) in [4.78, 5) is 12.7. The molecule has 1 aromatic rings. The summed E-state index contributed by atoms with van der Waals surface area (Å²) < 4.78 is 37.8. The van der Waals surface area contributed by atoms with Crippen molar-refractivity contribution in [3.63, 3.8) is 0 Å². The molecule has 29 heavy (non-hydrogen) atoms. The van der Waals surface area contributed by atoms with Gasteiger partial charge in [-0.1, -0.05) is 6.07 Å². The molecule has 7 nitrogen and oxygen atoms in total. The van der Waals surface area contributed by atoms with Crippen LogP contribution in [0.3, 0.4) is 0 Å². The number of amides is 1. The zero-order valence-electron chi connectivity index (χ0n) is 17.2. The minimum absolute atomic E-state index is 0.0221. The number of hydrogen-bond donors (Lipinski definition) is 1. The van der Waals surface area contributed by atoms with Gasteiger partial charge in [-0.2, -0.15) is 4.31 Å². The van der Waals surface area contributed by atoms with Gasteiger partial charge >= 0.3 is 0 Å². The fraction of sp³-hybridized carbons (Fsp3) is 0.667. The first-order chi connectivity index (χ1) is 14.0. The number of nitrogens with zero attached hydrogens (tertiary/aromatic N) is 1. The lowest BCUT2D eigenvalue weighted by molar-refractivity contribution is -0.126. The summed E-state index contributed by atoms with van der Waals surface area (Å²) >= 11 is 0. The van der Waals surface area contributed by atoms with Gasteiger partial charge in [-0.05, 0) is 61.8 Å². The summed E-state index contributed by atoms with van der Waals surface area (Å²) in [5, 5.41) is 2.88. The van der Waals surface area contributed by atoms with Gasteiger partial charge in [0.25, 0.3) is 0 Å². The summed E-state index contributed by atoms with van der Waals surface area (Å²) in [6, 6.07) is 5.56. The molecule has 1 fully saturated rings. The Morgan fingerprint density at radius 3 is 2.55 bits per heavy atom. The fourth-order valence-electron chi connectivity index (χ4n) is 4.01. The zero-order valence-corrected chi connectivity index (χ0v) is 18.0. The van der Waals surface area contributed by atoms with Gasteiger partial charge in [-0.3, -0.25) is 4.79 Å². The van der Waals surface area contributed by atoms with Gasteiger partial charge in [0.05, 0.1) is 24.7 Å². The maximum Gasteiger partial charge on any atom is 0.243 e. The molecule has 162 valence electrons. The third-order valence-corrected chi connectivity index (χ3v) is 7.65. The molecule has 0 atom stereocenters. The van der Waals surface area contributed by atoms with Crippen LogP contribution in [-0.4, -0.2) is 65.2 Å². The highest BCUT2D eigenvalue weighted by Crippen LogP contribution is 2.28. The Balaban J connectivity index is 1.49. The normalized spacial score (nSPS) is 18.4. The minimum atomic E-state index is -3.50. The van der Waals surface area contributed by atoms with Gasteiger partial charge in [0.1, 0.15) is 0 Å². The van der Waals surface area contributed by atoms with Gasteiger partial charge < -0.3 is 14.8 Å². The van der Waals surface area contributed by atoms with E-state index in [-0.39, 0.29) is 11.8 Å². The molecule has 2 aliphatic rings. The molecule has 0 radical (unpaired) electrons. The third kappa shape index (κ3) is 5.78. The summed E-state index contributed by atoms with van der Waals surface area (Å²) in [7, 11) is -1.89. The number of hydrogen-bond acceptors (Lipinski definition) is 5. The van der Waals surface area contributed by atoms with Crippen molar-refractivity contribution in [3.05, 3.63) is 29.3 Å². The molecule has 8 heteroatoms. The van der Waals surface area contributed by atoms with Crippen molar-refractivity contribution in [3.8, 4) is 0 Å². The standard InChI is InChI=1S/C21H32N2O5S/c1-27-14-15-28-13-10-22-21(24)18-8-11-23(12-9-18)29(25,26)20-7-6-17-4-2-3-5-19(17)16-20/h6-7,16,18H,2-5,8-15H2,1H3,(H,22,24). The van der Waals surface area contributed by atoms with E-state index in [2.05, 4.69) is 5.32 Å². The average Bonchev–Trinajstić information content (AvgIpc) is 2.75. The predicted molar refractivity (Wildman–Crippen MR) is 110 cm³/mol. The molecule has 1 aliphatic carbocycles. The number of carbonyl (C=O) groups is 1. The molecule has 1 N–H and O–H groups in total. The first-order valence-corrected chi connectivity index (χ1v) is 11.9. The van der Waals surface area contributed by atoms with E-state index in [9.17, 15) is 13.2 Å². The third-order valence-electron chi connectivity index (χ3n) is 5.76. The number of carbonyl (C=O) groups excluding carboxylic acids is 1. The minimum Gasteiger partial charge on any atom is -0.382 e. The molecule has 0 aromatic heterocycles. The Hall–Kier alpha value is -1.48. The van der Waals surface area contributed by atoms with Crippen LogP contribution in [0.4, 0.5) is 0 Å². The second-order valence-corrected chi connectivity index (χ2v) is 9.65. The number of aryl methyl sites for hydroxylation is 2. The maximum absolute atomic E-state index is 13.0. The Kier molecular flexibility index (Phi) is 8.06. The van der Waals surface area contributed by atoms with Crippen molar-refractivity contribution in [2.75, 3.05) is 46.6 Å². The van der Waals surface area contributed by atoms with Gasteiger partial charge in [0, 0.05) is 32.7 Å². The van der Waals surface area contributed by atoms with E-state index in [0.29, 0.717) is 57.2 Å². The Morgan fingerprint density at radius 2 is 1.83 bits per heavy atom. The molecule has 1 aliphatic heterocycles. The van der Waals surface area contributed by atoms with Crippen molar-refractivity contribution in [2.45, 2.75) is 43.4 Å². The largest absolute Gasteiger partial charge is 0.382 e. The van der Waals surface area contributed by atoms with Crippen molar-refractivity contribution >= 4 is 15.9 Å². The number of nitrogens with one attached hydrogen (secondary N) is 1. The summed E-state index contributed by atoms with van der Waals surface area (Å²) in [6.07, 6.45) is 5.37. The Morgan fingerprint density at radius 1 is 1.10 bits per heavy atom. The molecular formula is C21H32N2O5S. The molecule has 1 saturated heterocycles. The van der Waals surface area contributed by atoms with Crippen molar-refractivity contribution in [2.24, 2.45) is 5.92 Å². The van der Waals surface area contributed by atoms with Crippen LogP contribution in [0, 0.1) is 5.92 Å². The Labute approximate surface area is 173 Å². The van der Waals surface area contributed by atoms with Crippen LogP contribution >= 0.6 is 0 Å². The van der Waals surface area contributed by atoms with Crippen molar-refractivity contribution in [1.29, 1.82) is 0 Å². The van der Waals surface area contributed by atoms with Gasteiger partial charge in [0.2, 0.25) is 15.9 Å². The van der Waals surface area contributed by atoms with E-state index < -0.39 is 10.0 Å². The van der Waals surface area contributed by atoms with Crippen LogP contribution in [0.1, 0.15) is 36.8 Å². The smallest absolute Gasteiger partial charge is 0.243 e. The van der Waals surface area contributed by atoms with Crippen LogP contribution in [0.5, 0.6) is 0 Å². The number of benzene rings is 1. The highest BCUT2D eigenvalue weighted by molar-refractivity contribution is 7.89. The lowest BCUT2D eigenvalue weighted by Crippen LogP contribution is -2.43. The number of rotatable bonds is 9. The van der Waals surface area contributed by atoms with E-state index >= 15 is 0 Å². The molecule has 1 heterocycles. The summed E-state index contributed by atoms with van der Waals surface area (Å²) in [5.74, 6) is -0.171. The second kappa shape index (κ2) is 10.5. The van der Waals surface area contributed by atoms with E-state index in [0.717, 1.165) is 19.3 Å². The van der Waals surface area contributed by atoms with Crippen LogP contribution in [0.2, 0.25) is 0 Å². The monoisotopic (exact) mass is 424 g/mol. The molecule has 0 bridgehead atoms. The quantitative estimate of drug-likeness (QED) is 0.611. The number of fused-ring (bicyclic) bond motifs is 1. The topological polar surface area (TPSA) is 84.9 Å². The molecule has 0 saturated carbocycles. The van der Waals surface area contributed by atoms with Gasteiger partial charge in [-0.15, -0.1) is 0 Å². The van der Waals surface area contributed by atoms with E-state index in [4.69, 9.17) is 9.47 Å². The molecular weight excluding hydrogens is 392 g/mol. The molecule has 1 aromatic carbocycles. The predicted octanol–water partition coefficient (Wildman–Crippen LogP) is 1.75. The first kappa shape index (κ1) is 22.2. The molecule has 3 rings (SSSR count). The van der Waals surface area contributed by atoms with Crippen LogP contribution < -0.4 is 5.32 Å². The Bertz CT molecular complexity index is 788. The van der Waals surface area contributed by atoms with Crippen LogP contribution in [0.25, 0.3) is 0 Å². The lowest BCUT2D eigenvalue weighted by Gasteiger charge is -2.31. The number of sulfonamides is 1. The van der Waals surface area contributed by atoms with E-state index in [1.54, 1.807) is 13.2 Å². The number of methoxy groups -OCH3 is 1. The van der Waals surface area contributed by atoms with E-state index in [1.165, 1.54) is 21.9 Å². The summed E-state index contributed by atoms with van der Waals surface area (Å²) in [6.45, 7) is 2.69. The average molecular weight is 425 g/mol. The zero-order chi connectivity index (χ0) is 20.7. The van der Waals surface area contributed by atoms with Crippen molar-refractivity contribution < 1.29 is 22.7 Å². The van der Waals surface area contributed by atoms with Gasteiger partial charge in [-0.25, -0.2) is 8.42 Å². The lowest BCUT2D eigenvalue weighted by atomic mass is 9.92. The fourth-order valence-corrected chi connectivity index (χ4v) is 5.53. The molecule has 0 spiro atoms. The summed E-state index contributed by atoms with van der Waals surface area (Å²) in [5.41, 5.74) is 2.44. The highest BCUT2D eigenvalue weighted by atomic mass is 32.2. The molecule has 1 amide bonds. The highest BCUT2D eigenvalue weighted by Gasteiger charge is 2.32. The van der Waals surface area contributed by atoms with Crippen LogP contribution in [0.15, 0.2) is 23.1 Å². The maximum atomic E-state index is 13.0. The van der Waals surface area contributed by atoms with Crippen LogP contribution in [-0.2, 0) is 37.1 Å². The van der Waals surface area contributed by atoms with E-state index in [1.807, 2.05) is 12.1 Å².